The lowest BCUT2D eigenvalue weighted by Gasteiger charge is -2.43. The zero-order chi connectivity index (χ0) is 46.9. The predicted molar refractivity (Wildman–Crippen MR) is 257 cm³/mol. The van der Waals surface area contributed by atoms with Gasteiger partial charge in [-0.2, -0.15) is 23.7 Å². The molecule has 0 bridgehead atoms. The summed E-state index contributed by atoms with van der Waals surface area (Å²) in [5, 5.41) is 22.2. The van der Waals surface area contributed by atoms with Gasteiger partial charge in [0.2, 0.25) is 0 Å². The summed E-state index contributed by atoms with van der Waals surface area (Å²) in [4.78, 5) is 4.61. The van der Waals surface area contributed by atoms with Crippen LogP contribution in [0.5, 0.6) is 0 Å². The molecule has 0 saturated carbocycles. The molecule has 0 aromatic heterocycles. The number of hydrogen-bond acceptors (Lipinski definition) is 4. The van der Waals surface area contributed by atoms with E-state index >= 15 is 0 Å². The first-order valence-electron chi connectivity index (χ1n) is 22.2. The third-order valence-corrected chi connectivity index (χ3v) is 16.2. The first kappa shape index (κ1) is 44.3. The molecule has 64 heavy (non-hydrogen) atoms. The molecular formula is C57H57F3N4. The van der Waals surface area contributed by atoms with E-state index in [-0.39, 0.29) is 5.56 Å². The van der Waals surface area contributed by atoms with Crippen LogP contribution >= 0.6 is 0 Å². The highest BCUT2D eigenvalue weighted by Gasteiger charge is 2.39. The van der Waals surface area contributed by atoms with E-state index in [1.165, 1.54) is 72.8 Å². The van der Waals surface area contributed by atoms with Crippen molar-refractivity contribution in [3.63, 3.8) is 0 Å². The largest absolute Gasteiger partial charge is 0.416 e. The average molecular weight is 855 g/mol. The Morgan fingerprint density at radius 1 is 0.422 bits per heavy atom. The minimum atomic E-state index is -4.67. The molecule has 0 aliphatic carbocycles. The normalized spacial score (nSPS) is 13.0. The van der Waals surface area contributed by atoms with Crippen LogP contribution in [0.4, 0.5) is 47.3 Å². The summed E-state index contributed by atoms with van der Waals surface area (Å²) < 4.78 is 43.8. The smallest absolute Gasteiger partial charge is 0.309 e. The molecule has 6 aromatic rings. The van der Waals surface area contributed by atoms with Crippen LogP contribution in [0.25, 0.3) is 11.1 Å². The van der Waals surface area contributed by atoms with Crippen molar-refractivity contribution in [2.75, 3.05) is 9.80 Å². The van der Waals surface area contributed by atoms with Crippen molar-refractivity contribution in [2.45, 2.75) is 130 Å². The van der Waals surface area contributed by atoms with E-state index in [0.717, 1.165) is 79.4 Å². The maximum absolute atomic E-state index is 14.6. The van der Waals surface area contributed by atoms with Crippen LogP contribution < -0.4 is 9.80 Å². The van der Waals surface area contributed by atoms with Gasteiger partial charge in [-0.1, -0.05) is 6.07 Å². The Balaban J connectivity index is 1.68. The molecule has 2 aliphatic rings. The number of halogens is 3. The zero-order valence-electron chi connectivity index (χ0n) is 40.2. The van der Waals surface area contributed by atoms with E-state index in [4.69, 9.17) is 0 Å². The molecule has 7 heteroatoms. The van der Waals surface area contributed by atoms with Crippen molar-refractivity contribution in [2.24, 2.45) is 0 Å². The molecule has 0 amide bonds. The molecule has 0 spiro atoms. The SMILES string of the molecule is Cc1c(C)c(C)c2c(c1C)Cc1c(C)c(C)c(C)c(C)c1N2c1cc(C#N)cc(N2c3c(C)c(C)c(C)c(C)c3Cc3c(C)c(C)c(C)c(C)c32)c1-c1ccc(C(F)(F)F)cc1C#N. The summed E-state index contributed by atoms with van der Waals surface area (Å²) in [5.41, 5.74) is 28.9. The fraction of sp³-hybridized carbons (Fsp3) is 0.333. The second-order valence-corrected chi connectivity index (χ2v) is 18.7. The van der Waals surface area contributed by atoms with Crippen molar-refractivity contribution in [1.29, 1.82) is 10.5 Å². The maximum atomic E-state index is 14.6. The minimum absolute atomic E-state index is 0.0982. The summed E-state index contributed by atoms with van der Waals surface area (Å²) in [7, 11) is 0. The van der Waals surface area contributed by atoms with Gasteiger partial charge in [0.1, 0.15) is 0 Å². The van der Waals surface area contributed by atoms with Crippen molar-refractivity contribution >= 4 is 34.1 Å². The zero-order valence-corrected chi connectivity index (χ0v) is 40.2. The van der Waals surface area contributed by atoms with Gasteiger partial charge in [-0.3, -0.25) is 0 Å². The molecule has 0 N–H and O–H groups in total. The lowest BCUT2D eigenvalue weighted by atomic mass is 9.79. The predicted octanol–water partition coefficient (Wildman–Crippen LogP) is 15.8. The van der Waals surface area contributed by atoms with Gasteiger partial charge in [-0.25, -0.2) is 0 Å². The number of rotatable bonds is 3. The minimum Gasteiger partial charge on any atom is -0.309 e. The summed E-state index contributed by atoms with van der Waals surface area (Å²) in [6.07, 6.45) is -3.26. The van der Waals surface area contributed by atoms with E-state index in [1.54, 1.807) is 0 Å². The highest BCUT2D eigenvalue weighted by molar-refractivity contribution is 6.05. The van der Waals surface area contributed by atoms with Gasteiger partial charge in [-0.15, -0.1) is 0 Å². The number of benzene rings is 6. The van der Waals surface area contributed by atoms with Crippen molar-refractivity contribution < 1.29 is 13.2 Å². The fourth-order valence-corrected chi connectivity index (χ4v) is 11.0. The van der Waals surface area contributed by atoms with Crippen LogP contribution in [0.2, 0.25) is 0 Å². The second kappa shape index (κ2) is 15.2. The van der Waals surface area contributed by atoms with Gasteiger partial charge in [0.25, 0.3) is 0 Å². The Morgan fingerprint density at radius 3 is 1.02 bits per heavy atom. The first-order chi connectivity index (χ1) is 30.0. The molecule has 8 rings (SSSR count). The molecule has 6 aromatic carbocycles. The van der Waals surface area contributed by atoms with Crippen molar-refractivity contribution in [1.82, 2.24) is 0 Å². The van der Waals surface area contributed by atoms with Gasteiger partial charge in [0, 0.05) is 24.0 Å². The molecular weight excluding hydrogens is 798 g/mol. The van der Waals surface area contributed by atoms with E-state index in [2.05, 4.69) is 133 Å². The Labute approximate surface area is 377 Å². The number of nitrogens with zero attached hydrogens (tertiary/aromatic N) is 4. The molecule has 326 valence electrons. The van der Waals surface area contributed by atoms with E-state index in [1.807, 2.05) is 12.1 Å². The second-order valence-electron chi connectivity index (χ2n) is 18.7. The van der Waals surface area contributed by atoms with Crippen LogP contribution in [0.3, 0.4) is 0 Å². The molecule has 0 saturated heterocycles. The Bertz CT molecular complexity index is 2880. The molecule has 2 heterocycles. The molecule has 0 unspecified atom stereocenters. The fourth-order valence-electron chi connectivity index (χ4n) is 11.0. The number of fused-ring (bicyclic) bond motifs is 4. The maximum Gasteiger partial charge on any atom is 0.416 e. The molecule has 0 atom stereocenters. The summed E-state index contributed by atoms with van der Waals surface area (Å²) in [6, 6.07) is 12.1. The van der Waals surface area contributed by atoms with Gasteiger partial charge in [0.15, 0.2) is 0 Å². The molecule has 4 nitrogen and oxygen atoms in total. The van der Waals surface area contributed by atoms with Crippen LogP contribution in [0, 0.1) is 133 Å². The van der Waals surface area contributed by atoms with Gasteiger partial charge < -0.3 is 9.80 Å². The molecule has 0 radical (unpaired) electrons. The lowest BCUT2D eigenvalue weighted by molar-refractivity contribution is -0.137. The summed E-state index contributed by atoms with van der Waals surface area (Å²) in [6.45, 7) is 34.6. The monoisotopic (exact) mass is 854 g/mol. The van der Waals surface area contributed by atoms with Crippen molar-refractivity contribution in [3.05, 3.63) is 158 Å². The van der Waals surface area contributed by atoms with Crippen LogP contribution in [0.1, 0.15) is 128 Å². The van der Waals surface area contributed by atoms with Gasteiger partial charge in [-0.05, 0) is 246 Å². The third kappa shape index (κ3) is 6.14. The molecule has 2 aliphatic heterocycles. The van der Waals surface area contributed by atoms with E-state index in [0.29, 0.717) is 40.9 Å². The Morgan fingerprint density at radius 2 is 0.734 bits per heavy atom. The highest BCUT2D eigenvalue weighted by atomic mass is 19.4. The lowest BCUT2D eigenvalue weighted by Crippen LogP contribution is -2.27. The highest BCUT2D eigenvalue weighted by Crippen LogP contribution is 2.59. The van der Waals surface area contributed by atoms with Crippen molar-refractivity contribution in [3.8, 4) is 23.3 Å². The number of anilines is 6. The van der Waals surface area contributed by atoms with Crippen LogP contribution in [-0.2, 0) is 19.0 Å². The third-order valence-electron chi connectivity index (χ3n) is 16.2. The number of hydrogen-bond donors (Lipinski definition) is 0. The topological polar surface area (TPSA) is 54.1 Å². The van der Waals surface area contributed by atoms with Crippen LogP contribution in [-0.4, -0.2) is 0 Å². The summed E-state index contributed by atoms with van der Waals surface area (Å²) >= 11 is 0. The number of nitriles is 2. The van der Waals surface area contributed by atoms with Gasteiger partial charge >= 0.3 is 6.18 Å². The molecule has 0 fully saturated rings. The summed E-state index contributed by atoms with van der Waals surface area (Å²) in [5.74, 6) is 0. The van der Waals surface area contributed by atoms with E-state index < -0.39 is 11.7 Å². The quantitative estimate of drug-likeness (QED) is 0.178. The Kier molecular flexibility index (Phi) is 10.5. The average Bonchev–Trinajstić information content (AvgIpc) is 3.28. The standard InChI is InChI=1S/C57H57F3N4/c1-26-30(5)38(13)53-46(34(26)9)22-47-35(10)27(2)31(6)39(14)54(47)63(53)50-19-42(24-61)20-51(52(50)45-18-17-44(57(58,59)60)21-43(45)25-62)64-55-40(15)32(7)28(3)36(11)48(55)23-49-37(12)29(4)33(8)41(16)56(49)64/h17-21H,22-23H2,1-16H3. The van der Waals surface area contributed by atoms with E-state index in [9.17, 15) is 23.7 Å². The van der Waals surface area contributed by atoms with Crippen LogP contribution in [0.15, 0.2) is 30.3 Å². The van der Waals surface area contributed by atoms with Gasteiger partial charge in [0.05, 0.1) is 63.0 Å². The number of alkyl halides is 3. The first-order valence-corrected chi connectivity index (χ1v) is 22.2. The Hall–Kier alpha value is -6.31.